The molecular weight excluding hydrogens is 289 g/mol. The maximum Gasteiger partial charge on any atom is 0.164 e. The van der Waals surface area contributed by atoms with E-state index in [9.17, 15) is 4.39 Å². The average Bonchev–Trinajstić information content (AvgIpc) is 2.58. The lowest BCUT2D eigenvalue weighted by Gasteiger charge is -2.34. The fourth-order valence-corrected chi connectivity index (χ4v) is 3.33. The number of piperidine rings is 1. The molecule has 3 rings (SSSR count). The summed E-state index contributed by atoms with van der Waals surface area (Å²) in [4.78, 5) is 8.35. The van der Waals surface area contributed by atoms with Gasteiger partial charge in [-0.15, -0.1) is 0 Å². The van der Waals surface area contributed by atoms with Crippen LogP contribution in [0.1, 0.15) is 18.4 Å². The second kappa shape index (κ2) is 7.55. The fourth-order valence-electron chi connectivity index (χ4n) is 3.33. The number of benzene rings is 1. The molecule has 2 aromatic rings. The number of likely N-dealkylation sites (tertiary alicyclic amines) is 1. The lowest BCUT2D eigenvalue weighted by atomic mass is 9.95. The topological polar surface area (TPSA) is 19.4 Å². The van der Waals surface area contributed by atoms with E-state index >= 15 is 0 Å². The van der Waals surface area contributed by atoms with Crippen molar-refractivity contribution in [2.45, 2.75) is 19.4 Å². The molecule has 0 aliphatic carbocycles. The Kier molecular flexibility index (Phi) is 5.23. The van der Waals surface area contributed by atoms with Gasteiger partial charge in [-0.1, -0.05) is 30.3 Å². The number of rotatable bonds is 5. The maximum absolute atomic E-state index is 13.8. The molecule has 3 nitrogen and oxygen atoms in total. The first-order valence-electron chi connectivity index (χ1n) is 8.29. The van der Waals surface area contributed by atoms with Crippen LogP contribution in [0, 0.1) is 11.7 Å². The highest BCUT2D eigenvalue weighted by Crippen LogP contribution is 2.23. The second-order valence-electron chi connectivity index (χ2n) is 6.41. The van der Waals surface area contributed by atoms with Crippen LogP contribution >= 0.6 is 0 Å². The predicted octanol–water partition coefficient (Wildman–Crippen LogP) is 3.57. The van der Waals surface area contributed by atoms with Crippen molar-refractivity contribution < 1.29 is 4.39 Å². The largest absolute Gasteiger partial charge is 0.372 e. The third-order valence-corrected chi connectivity index (χ3v) is 4.65. The number of nitrogens with zero attached hydrogens (tertiary/aromatic N) is 3. The molecule has 0 amide bonds. The summed E-state index contributed by atoms with van der Waals surface area (Å²) in [5.41, 5.74) is 2.02. The summed E-state index contributed by atoms with van der Waals surface area (Å²) in [6.45, 7) is 4.17. The van der Waals surface area contributed by atoms with Gasteiger partial charge in [0.05, 0.1) is 11.9 Å². The Labute approximate surface area is 137 Å². The molecule has 0 saturated carbocycles. The summed E-state index contributed by atoms with van der Waals surface area (Å²) in [5.74, 6) is 0.385. The molecule has 0 radical (unpaired) electrons. The molecular formula is C19H24FN3. The van der Waals surface area contributed by atoms with Crippen LogP contribution in [0.15, 0.2) is 48.8 Å². The predicted molar refractivity (Wildman–Crippen MR) is 91.9 cm³/mol. The molecule has 1 aromatic carbocycles. The minimum absolute atomic E-state index is 0.239. The van der Waals surface area contributed by atoms with Gasteiger partial charge in [0, 0.05) is 26.3 Å². The van der Waals surface area contributed by atoms with Crippen molar-refractivity contribution in [2.24, 2.45) is 5.92 Å². The molecule has 1 aliphatic rings. The molecule has 1 aliphatic heterocycles. The van der Waals surface area contributed by atoms with E-state index in [2.05, 4.69) is 40.2 Å². The lowest BCUT2D eigenvalue weighted by molar-refractivity contribution is 0.179. The Morgan fingerprint density at radius 1 is 1.17 bits per heavy atom. The van der Waals surface area contributed by atoms with Crippen LogP contribution in [0.5, 0.6) is 0 Å². The second-order valence-corrected chi connectivity index (χ2v) is 6.41. The standard InChI is InChI=1S/C19H24FN3/c1-22(19-7-10-21-13-18(19)20)14-17-8-11-23(12-9-17)15-16-5-3-2-4-6-16/h2-7,10,13,17H,8-9,11-12,14-15H2,1H3. The van der Waals surface area contributed by atoms with E-state index in [4.69, 9.17) is 0 Å². The van der Waals surface area contributed by atoms with E-state index in [-0.39, 0.29) is 5.82 Å². The Morgan fingerprint density at radius 3 is 2.61 bits per heavy atom. The number of halogens is 1. The zero-order valence-electron chi connectivity index (χ0n) is 13.7. The SMILES string of the molecule is CN(CC1CCN(Cc2ccccc2)CC1)c1ccncc1F. The summed E-state index contributed by atoms with van der Waals surface area (Å²) in [7, 11) is 1.97. The number of pyridine rings is 1. The molecule has 0 bridgehead atoms. The van der Waals surface area contributed by atoms with Crippen LogP contribution in [-0.4, -0.2) is 36.6 Å². The van der Waals surface area contributed by atoms with Gasteiger partial charge in [0.1, 0.15) is 0 Å². The fraction of sp³-hybridized carbons (Fsp3) is 0.421. The molecule has 0 atom stereocenters. The third kappa shape index (κ3) is 4.29. The van der Waals surface area contributed by atoms with Crippen molar-refractivity contribution >= 4 is 5.69 Å². The van der Waals surface area contributed by atoms with Crippen molar-refractivity contribution in [3.05, 3.63) is 60.2 Å². The average molecular weight is 313 g/mol. The van der Waals surface area contributed by atoms with Crippen LogP contribution in [-0.2, 0) is 6.54 Å². The Hall–Kier alpha value is -1.94. The van der Waals surface area contributed by atoms with Gasteiger partial charge in [-0.05, 0) is 43.5 Å². The number of aromatic nitrogens is 1. The smallest absolute Gasteiger partial charge is 0.164 e. The first kappa shape index (κ1) is 15.9. The van der Waals surface area contributed by atoms with Gasteiger partial charge in [0.25, 0.3) is 0 Å². The molecule has 4 heteroatoms. The van der Waals surface area contributed by atoms with Crippen LogP contribution in [0.25, 0.3) is 0 Å². The molecule has 1 fully saturated rings. The molecule has 122 valence electrons. The Morgan fingerprint density at radius 2 is 1.91 bits per heavy atom. The Balaban J connectivity index is 1.48. The summed E-state index contributed by atoms with van der Waals surface area (Å²) in [5, 5.41) is 0. The summed E-state index contributed by atoms with van der Waals surface area (Å²) < 4.78 is 13.8. The van der Waals surface area contributed by atoms with Crippen molar-refractivity contribution in [1.29, 1.82) is 0 Å². The van der Waals surface area contributed by atoms with Crippen LogP contribution in [0.4, 0.5) is 10.1 Å². The van der Waals surface area contributed by atoms with E-state index in [1.807, 2.05) is 11.9 Å². The van der Waals surface area contributed by atoms with Gasteiger partial charge < -0.3 is 4.90 Å². The van der Waals surface area contributed by atoms with Gasteiger partial charge in [-0.2, -0.15) is 0 Å². The minimum atomic E-state index is -0.239. The molecule has 0 spiro atoms. The molecule has 0 N–H and O–H groups in total. The van der Waals surface area contributed by atoms with E-state index in [1.165, 1.54) is 24.6 Å². The van der Waals surface area contributed by atoms with Crippen LogP contribution < -0.4 is 4.90 Å². The highest BCUT2D eigenvalue weighted by molar-refractivity contribution is 5.45. The molecule has 1 saturated heterocycles. The van der Waals surface area contributed by atoms with Crippen molar-refractivity contribution in [3.8, 4) is 0 Å². The van der Waals surface area contributed by atoms with E-state index < -0.39 is 0 Å². The zero-order chi connectivity index (χ0) is 16.1. The minimum Gasteiger partial charge on any atom is -0.372 e. The first-order valence-corrected chi connectivity index (χ1v) is 8.29. The highest BCUT2D eigenvalue weighted by Gasteiger charge is 2.21. The number of hydrogen-bond donors (Lipinski definition) is 0. The number of hydrogen-bond acceptors (Lipinski definition) is 3. The zero-order valence-corrected chi connectivity index (χ0v) is 13.7. The molecule has 23 heavy (non-hydrogen) atoms. The normalized spacial score (nSPS) is 16.4. The Bertz CT molecular complexity index is 609. The highest BCUT2D eigenvalue weighted by atomic mass is 19.1. The van der Waals surface area contributed by atoms with Gasteiger partial charge >= 0.3 is 0 Å². The third-order valence-electron chi connectivity index (χ3n) is 4.65. The van der Waals surface area contributed by atoms with Crippen LogP contribution in [0.3, 0.4) is 0 Å². The molecule has 2 heterocycles. The van der Waals surface area contributed by atoms with Gasteiger partial charge in [-0.25, -0.2) is 4.39 Å². The summed E-state index contributed by atoms with van der Waals surface area (Å²) >= 11 is 0. The van der Waals surface area contributed by atoms with Crippen molar-refractivity contribution in [1.82, 2.24) is 9.88 Å². The van der Waals surface area contributed by atoms with Crippen molar-refractivity contribution in [3.63, 3.8) is 0 Å². The van der Waals surface area contributed by atoms with Gasteiger partial charge in [0.2, 0.25) is 0 Å². The van der Waals surface area contributed by atoms with E-state index in [1.54, 1.807) is 12.3 Å². The van der Waals surface area contributed by atoms with Crippen molar-refractivity contribution in [2.75, 3.05) is 31.6 Å². The monoisotopic (exact) mass is 313 g/mol. The van der Waals surface area contributed by atoms with Gasteiger partial charge in [-0.3, -0.25) is 9.88 Å². The first-order chi connectivity index (χ1) is 11.2. The lowest BCUT2D eigenvalue weighted by Crippen LogP contribution is -2.37. The summed E-state index contributed by atoms with van der Waals surface area (Å²) in [6.07, 6.45) is 5.28. The summed E-state index contributed by atoms with van der Waals surface area (Å²) in [6, 6.07) is 12.4. The van der Waals surface area contributed by atoms with E-state index in [0.29, 0.717) is 11.6 Å². The van der Waals surface area contributed by atoms with Gasteiger partial charge in [0.15, 0.2) is 5.82 Å². The van der Waals surface area contributed by atoms with E-state index in [0.717, 1.165) is 26.2 Å². The quantitative estimate of drug-likeness (QED) is 0.841. The number of anilines is 1. The maximum atomic E-state index is 13.8. The molecule has 0 unspecified atom stereocenters. The molecule has 1 aromatic heterocycles. The van der Waals surface area contributed by atoms with Crippen LogP contribution in [0.2, 0.25) is 0 Å².